The Hall–Kier alpha value is -3.51. The third-order valence-corrected chi connectivity index (χ3v) is 6.14. The van der Waals surface area contributed by atoms with Crippen molar-refractivity contribution >= 4 is 41.9 Å². The molecule has 0 aliphatic rings. The highest BCUT2D eigenvalue weighted by molar-refractivity contribution is 6.24. The van der Waals surface area contributed by atoms with Crippen LogP contribution >= 0.6 is 0 Å². The minimum atomic E-state index is -0.650. The minimum Gasteiger partial charge on any atom is -0.469 e. The molecule has 0 aliphatic heterocycles. The number of nitrogens with one attached hydrogen (secondary N) is 3. The number of carbonyl (C=O) groups excluding carboxylic acids is 7. The lowest BCUT2D eigenvalue weighted by Crippen LogP contribution is -2.34. The van der Waals surface area contributed by atoms with Gasteiger partial charge in [0.1, 0.15) is 0 Å². The highest BCUT2D eigenvalue weighted by Gasteiger charge is 2.21. The second-order valence-corrected chi connectivity index (χ2v) is 10.6. The monoisotopic (exact) mass is 585 g/mol. The average molecular weight is 586 g/mol. The lowest BCUT2D eigenvalue weighted by atomic mass is 9.91. The van der Waals surface area contributed by atoms with Crippen LogP contribution in [0.25, 0.3) is 0 Å². The molecule has 0 radical (unpaired) electrons. The van der Waals surface area contributed by atoms with E-state index in [2.05, 4.69) is 25.4 Å². The second-order valence-electron chi connectivity index (χ2n) is 10.6. The maximum atomic E-state index is 12.6. The van der Waals surface area contributed by atoms with Gasteiger partial charge in [-0.1, -0.05) is 20.8 Å². The van der Waals surface area contributed by atoms with E-state index in [1.54, 1.807) is 0 Å². The van der Waals surface area contributed by atoms with Crippen molar-refractivity contribution in [3.8, 4) is 0 Å². The van der Waals surface area contributed by atoms with Crippen LogP contribution in [-0.2, 0) is 43.0 Å². The topological polar surface area (TPSA) is 183 Å². The molecule has 0 bridgehead atoms. The Morgan fingerprint density at radius 2 is 1.34 bits per heavy atom. The van der Waals surface area contributed by atoms with Crippen LogP contribution in [0.3, 0.4) is 0 Å². The number of Topliss-reactive ketones (excluding diaryl/α,β-unsaturated/α-hetero) is 1. The molecule has 234 valence electrons. The summed E-state index contributed by atoms with van der Waals surface area (Å²) in [4.78, 5) is 81.6. The standard InChI is InChI=1S/C28H47N3O10/c1-19(2)11-21(15-30-24(34)7-6-8-26(36)39-4)14-27(37)41-18-20(3)12-22(13-23(33)17-32)16-31-25(35)9-10-29-28(38)40-5/h17,19-22H,6-16,18H2,1-5H3,(H,29,38)(H,30,34)(H,31,35). The molecule has 0 saturated carbocycles. The van der Waals surface area contributed by atoms with E-state index in [0.717, 1.165) is 0 Å². The molecule has 0 aromatic rings. The summed E-state index contributed by atoms with van der Waals surface area (Å²) in [7, 11) is 2.51. The zero-order valence-electron chi connectivity index (χ0n) is 25.0. The van der Waals surface area contributed by atoms with Gasteiger partial charge in [0.05, 0.1) is 27.2 Å². The Labute approximate surface area is 242 Å². The molecule has 13 heteroatoms. The van der Waals surface area contributed by atoms with Gasteiger partial charge in [0, 0.05) is 45.3 Å². The molecule has 0 spiro atoms. The van der Waals surface area contributed by atoms with Gasteiger partial charge >= 0.3 is 18.0 Å². The van der Waals surface area contributed by atoms with Gasteiger partial charge < -0.3 is 30.2 Å². The maximum Gasteiger partial charge on any atom is 0.406 e. The Morgan fingerprint density at radius 1 is 0.732 bits per heavy atom. The number of aldehydes is 1. The molecule has 0 fully saturated rings. The predicted molar refractivity (Wildman–Crippen MR) is 148 cm³/mol. The van der Waals surface area contributed by atoms with E-state index in [9.17, 15) is 33.6 Å². The largest absolute Gasteiger partial charge is 0.469 e. The van der Waals surface area contributed by atoms with Crippen molar-refractivity contribution in [2.75, 3.05) is 40.5 Å². The molecular weight excluding hydrogens is 538 g/mol. The molecule has 0 saturated heterocycles. The van der Waals surface area contributed by atoms with E-state index in [4.69, 9.17) is 4.74 Å². The summed E-state index contributed by atoms with van der Waals surface area (Å²) < 4.78 is 14.5. The van der Waals surface area contributed by atoms with Crippen LogP contribution in [-0.4, -0.2) is 82.4 Å². The fourth-order valence-electron chi connectivity index (χ4n) is 4.18. The van der Waals surface area contributed by atoms with Crippen LogP contribution in [0.5, 0.6) is 0 Å². The summed E-state index contributed by atoms with van der Waals surface area (Å²) in [5.41, 5.74) is 0. The number of ether oxygens (including phenoxy) is 3. The fraction of sp³-hybridized carbons (Fsp3) is 0.750. The summed E-state index contributed by atoms with van der Waals surface area (Å²) >= 11 is 0. The number of esters is 2. The molecule has 0 aliphatic carbocycles. The van der Waals surface area contributed by atoms with E-state index < -0.39 is 17.8 Å². The molecule has 3 amide bonds. The van der Waals surface area contributed by atoms with Crippen molar-refractivity contribution in [3.63, 3.8) is 0 Å². The zero-order chi connectivity index (χ0) is 31.2. The Balaban J connectivity index is 4.71. The van der Waals surface area contributed by atoms with Crippen molar-refractivity contribution in [1.29, 1.82) is 0 Å². The third kappa shape index (κ3) is 21.0. The Bertz CT molecular complexity index is 862. The second kappa shape index (κ2) is 22.2. The Morgan fingerprint density at radius 3 is 1.90 bits per heavy atom. The highest BCUT2D eigenvalue weighted by Crippen LogP contribution is 2.19. The first-order chi connectivity index (χ1) is 19.4. The highest BCUT2D eigenvalue weighted by atomic mass is 16.5. The normalized spacial score (nSPS) is 12.8. The lowest BCUT2D eigenvalue weighted by molar-refractivity contribution is -0.146. The number of methoxy groups -OCH3 is 2. The van der Waals surface area contributed by atoms with Crippen molar-refractivity contribution in [2.24, 2.45) is 23.7 Å². The van der Waals surface area contributed by atoms with E-state index >= 15 is 0 Å². The minimum absolute atomic E-state index is 0.0160. The molecule has 0 aromatic carbocycles. The van der Waals surface area contributed by atoms with Gasteiger partial charge in [0.15, 0.2) is 12.1 Å². The number of rotatable bonds is 22. The maximum absolute atomic E-state index is 12.6. The number of hydrogen-bond acceptors (Lipinski definition) is 10. The predicted octanol–water partition coefficient (Wildman–Crippen LogP) is 1.70. The molecule has 41 heavy (non-hydrogen) atoms. The van der Waals surface area contributed by atoms with Crippen LogP contribution in [0.4, 0.5) is 4.79 Å². The molecular formula is C28H47N3O10. The van der Waals surface area contributed by atoms with Crippen LogP contribution in [0.1, 0.15) is 72.1 Å². The van der Waals surface area contributed by atoms with Crippen molar-refractivity contribution in [3.05, 3.63) is 0 Å². The van der Waals surface area contributed by atoms with E-state index in [0.29, 0.717) is 31.7 Å². The van der Waals surface area contributed by atoms with Crippen LogP contribution < -0.4 is 16.0 Å². The van der Waals surface area contributed by atoms with Gasteiger partial charge in [-0.15, -0.1) is 0 Å². The molecule has 0 rings (SSSR count). The van der Waals surface area contributed by atoms with E-state index in [1.165, 1.54) is 14.2 Å². The van der Waals surface area contributed by atoms with Crippen LogP contribution in [0, 0.1) is 23.7 Å². The number of amides is 3. The molecule has 0 aromatic heterocycles. The summed E-state index contributed by atoms with van der Waals surface area (Å²) in [5, 5.41) is 7.92. The number of hydrogen-bond donors (Lipinski definition) is 3. The van der Waals surface area contributed by atoms with Crippen LogP contribution in [0.2, 0.25) is 0 Å². The first kappa shape index (κ1) is 37.5. The van der Waals surface area contributed by atoms with Gasteiger partial charge in [-0.05, 0) is 42.9 Å². The summed E-state index contributed by atoms with van der Waals surface area (Å²) in [6.07, 6.45) is 1.52. The molecule has 3 atom stereocenters. The van der Waals surface area contributed by atoms with E-state index in [1.807, 2.05) is 20.8 Å². The molecule has 0 heterocycles. The van der Waals surface area contributed by atoms with Gasteiger partial charge in [-0.25, -0.2) is 4.79 Å². The lowest BCUT2D eigenvalue weighted by Gasteiger charge is -2.22. The number of alkyl carbamates (subject to hydrolysis) is 1. The van der Waals surface area contributed by atoms with Crippen LogP contribution in [0.15, 0.2) is 0 Å². The quantitative estimate of drug-likeness (QED) is 0.0731. The first-order valence-electron chi connectivity index (χ1n) is 14.0. The van der Waals surface area contributed by atoms with Crippen molar-refractivity contribution in [2.45, 2.75) is 72.1 Å². The number of ketones is 1. The third-order valence-electron chi connectivity index (χ3n) is 6.14. The van der Waals surface area contributed by atoms with Gasteiger partial charge in [0.25, 0.3) is 0 Å². The molecule has 13 nitrogen and oxygen atoms in total. The van der Waals surface area contributed by atoms with Gasteiger partial charge in [-0.2, -0.15) is 0 Å². The smallest absolute Gasteiger partial charge is 0.406 e. The SMILES string of the molecule is COC(=O)CCCC(=O)NCC(CC(=O)OCC(C)CC(CNC(=O)CCNC(=O)OC)CC(=O)C=O)CC(C)C. The van der Waals surface area contributed by atoms with E-state index in [-0.39, 0.29) is 93.6 Å². The zero-order valence-corrected chi connectivity index (χ0v) is 25.0. The number of carbonyl (C=O) groups is 7. The molecule has 3 N–H and O–H groups in total. The Kier molecular flexibility index (Phi) is 20.3. The fourth-order valence-corrected chi connectivity index (χ4v) is 4.18. The van der Waals surface area contributed by atoms with Gasteiger partial charge in [0.2, 0.25) is 11.8 Å². The molecule has 3 unspecified atom stereocenters. The van der Waals surface area contributed by atoms with Gasteiger partial charge in [-0.3, -0.25) is 28.8 Å². The van der Waals surface area contributed by atoms with Crippen molar-refractivity contribution < 1.29 is 47.8 Å². The summed E-state index contributed by atoms with van der Waals surface area (Å²) in [6.45, 7) is 6.51. The summed E-state index contributed by atoms with van der Waals surface area (Å²) in [6, 6.07) is 0. The summed E-state index contributed by atoms with van der Waals surface area (Å²) in [5.74, 6) is -2.23. The first-order valence-corrected chi connectivity index (χ1v) is 14.0. The average Bonchev–Trinajstić information content (AvgIpc) is 2.92. The van der Waals surface area contributed by atoms with Crippen molar-refractivity contribution in [1.82, 2.24) is 16.0 Å².